The van der Waals surface area contributed by atoms with Gasteiger partial charge in [0.1, 0.15) is 11.3 Å². The highest BCUT2D eigenvalue weighted by Crippen LogP contribution is 2.21. The predicted molar refractivity (Wildman–Crippen MR) is 77.8 cm³/mol. The molecule has 0 fully saturated rings. The summed E-state index contributed by atoms with van der Waals surface area (Å²) < 4.78 is 26.7. The van der Waals surface area contributed by atoms with Crippen LogP contribution in [0.25, 0.3) is 0 Å². The van der Waals surface area contributed by atoms with Gasteiger partial charge in [0, 0.05) is 6.04 Å². The maximum atomic E-state index is 12.1. The van der Waals surface area contributed by atoms with Gasteiger partial charge in [-0.2, -0.15) is 11.8 Å². The van der Waals surface area contributed by atoms with Crippen molar-refractivity contribution in [3.63, 3.8) is 0 Å². The van der Waals surface area contributed by atoms with Gasteiger partial charge >= 0.3 is 5.97 Å². The standard InChI is InChI=1S/C12H17NO5S2/c1-8(5-6-19-2)13-20(17,18)9-3-4-11(14)10(7-9)12(15)16/h3-4,7-8,13-14H,5-6H2,1-2H3,(H,15,16). The number of carbonyl (C=O) groups is 1. The highest BCUT2D eigenvalue weighted by Gasteiger charge is 2.20. The first kappa shape index (κ1) is 16.8. The van der Waals surface area contributed by atoms with Crippen LogP contribution in [-0.4, -0.2) is 42.7 Å². The molecule has 0 aromatic heterocycles. The summed E-state index contributed by atoms with van der Waals surface area (Å²) in [5.74, 6) is -1.03. The SMILES string of the molecule is CSCCC(C)NS(=O)(=O)c1ccc(O)c(C(=O)O)c1. The first-order valence-electron chi connectivity index (χ1n) is 5.85. The molecule has 112 valence electrons. The van der Waals surface area contributed by atoms with Crippen LogP contribution in [0, 0.1) is 0 Å². The van der Waals surface area contributed by atoms with Crippen LogP contribution in [0.2, 0.25) is 0 Å². The van der Waals surface area contributed by atoms with E-state index in [0.29, 0.717) is 6.42 Å². The van der Waals surface area contributed by atoms with Gasteiger partial charge in [-0.15, -0.1) is 0 Å². The smallest absolute Gasteiger partial charge is 0.339 e. The maximum Gasteiger partial charge on any atom is 0.339 e. The molecule has 1 aromatic rings. The first-order chi connectivity index (χ1) is 9.27. The molecule has 1 unspecified atom stereocenters. The van der Waals surface area contributed by atoms with Gasteiger partial charge in [0.05, 0.1) is 4.90 Å². The second-order valence-electron chi connectivity index (χ2n) is 4.29. The zero-order valence-corrected chi connectivity index (χ0v) is 12.8. The van der Waals surface area contributed by atoms with Crippen molar-refractivity contribution >= 4 is 27.8 Å². The molecular weight excluding hydrogens is 302 g/mol. The molecule has 0 aliphatic carbocycles. The van der Waals surface area contributed by atoms with Crippen LogP contribution in [0.5, 0.6) is 5.75 Å². The fourth-order valence-electron chi connectivity index (χ4n) is 1.54. The lowest BCUT2D eigenvalue weighted by atomic mass is 10.2. The van der Waals surface area contributed by atoms with Crippen molar-refractivity contribution in [2.75, 3.05) is 12.0 Å². The van der Waals surface area contributed by atoms with E-state index in [1.54, 1.807) is 18.7 Å². The number of phenols is 1. The van der Waals surface area contributed by atoms with Gasteiger partial charge in [0.2, 0.25) is 10.0 Å². The minimum Gasteiger partial charge on any atom is -0.507 e. The maximum absolute atomic E-state index is 12.1. The van der Waals surface area contributed by atoms with Crippen LogP contribution < -0.4 is 4.72 Å². The fraction of sp³-hybridized carbons (Fsp3) is 0.417. The molecule has 0 aliphatic heterocycles. The van der Waals surface area contributed by atoms with E-state index in [2.05, 4.69) is 4.72 Å². The summed E-state index contributed by atoms with van der Waals surface area (Å²) in [5, 5.41) is 18.2. The fourth-order valence-corrected chi connectivity index (χ4v) is 3.43. The Morgan fingerprint density at radius 1 is 1.45 bits per heavy atom. The van der Waals surface area contributed by atoms with E-state index in [9.17, 15) is 18.3 Å². The van der Waals surface area contributed by atoms with Gasteiger partial charge in [-0.1, -0.05) is 0 Å². The third-order valence-corrected chi connectivity index (χ3v) is 4.85. The number of rotatable bonds is 7. The number of carboxylic acid groups (broad SMARTS) is 1. The summed E-state index contributed by atoms with van der Waals surface area (Å²) in [7, 11) is -3.80. The Balaban J connectivity index is 2.98. The Labute approximate surface area is 122 Å². The topological polar surface area (TPSA) is 104 Å². The van der Waals surface area contributed by atoms with E-state index >= 15 is 0 Å². The number of hydrogen-bond acceptors (Lipinski definition) is 5. The summed E-state index contributed by atoms with van der Waals surface area (Å²) >= 11 is 1.61. The van der Waals surface area contributed by atoms with Crippen LogP contribution in [0.1, 0.15) is 23.7 Å². The molecule has 0 aliphatic rings. The lowest BCUT2D eigenvalue weighted by Gasteiger charge is -2.14. The molecule has 1 atom stereocenters. The normalized spacial score (nSPS) is 13.1. The molecule has 0 amide bonds. The van der Waals surface area contributed by atoms with Gasteiger partial charge < -0.3 is 10.2 Å². The Morgan fingerprint density at radius 3 is 2.65 bits per heavy atom. The first-order valence-corrected chi connectivity index (χ1v) is 8.73. The average molecular weight is 319 g/mol. The molecule has 0 bridgehead atoms. The quantitative estimate of drug-likeness (QED) is 0.704. The summed E-state index contributed by atoms with van der Waals surface area (Å²) in [5.41, 5.74) is -0.440. The largest absolute Gasteiger partial charge is 0.507 e. The van der Waals surface area contributed by atoms with Crippen molar-refractivity contribution in [1.29, 1.82) is 0 Å². The van der Waals surface area contributed by atoms with Gasteiger partial charge in [0.15, 0.2) is 0 Å². The molecule has 20 heavy (non-hydrogen) atoms. The number of carboxylic acids is 1. The number of sulfonamides is 1. The van der Waals surface area contributed by atoms with E-state index in [-0.39, 0.29) is 10.9 Å². The highest BCUT2D eigenvalue weighted by atomic mass is 32.2. The van der Waals surface area contributed by atoms with E-state index in [0.717, 1.165) is 17.9 Å². The molecule has 0 spiro atoms. The molecule has 0 heterocycles. The number of aromatic hydroxyl groups is 1. The molecule has 8 heteroatoms. The Kier molecular flexibility index (Phi) is 5.85. The van der Waals surface area contributed by atoms with Crippen molar-refractivity contribution in [2.45, 2.75) is 24.3 Å². The zero-order chi connectivity index (χ0) is 15.3. The van der Waals surface area contributed by atoms with Gasteiger partial charge in [-0.25, -0.2) is 17.9 Å². The van der Waals surface area contributed by atoms with Crippen LogP contribution in [0.15, 0.2) is 23.1 Å². The minimum absolute atomic E-state index is 0.177. The summed E-state index contributed by atoms with van der Waals surface area (Å²) in [6.45, 7) is 1.74. The molecule has 1 rings (SSSR count). The van der Waals surface area contributed by atoms with Gasteiger partial charge in [0.25, 0.3) is 0 Å². The molecule has 0 saturated heterocycles. The van der Waals surface area contributed by atoms with Crippen molar-refractivity contribution in [3.05, 3.63) is 23.8 Å². The van der Waals surface area contributed by atoms with Crippen LogP contribution >= 0.6 is 11.8 Å². The molecule has 1 aromatic carbocycles. The van der Waals surface area contributed by atoms with Gasteiger partial charge in [-0.05, 0) is 43.6 Å². The second-order valence-corrected chi connectivity index (χ2v) is 6.99. The minimum atomic E-state index is -3.80. The number of thioether (sulfide) groups is 1. The van der Waals surface area contributed by atoms with E-state index in [1.807, 2.05) is 6.26 Å². The Morgan fingerprint density at radius 2 is 2.10 bits per heavy atom. The van der Waals surface area contributed by atoms with E-state index < -0.39 is 27.3 Å². The second kappa shape index (κ2) is 6.96. The van der Waals surface area contributed by atoms with Crippen LogP contribution in [-0.2, 0) is 10.0 Å². The average Bonchev–Trinajstić information content (AvgIpc) is 2.35. The molecule has 0 saturated carbocycles. The predicted octanol–water partition coefficient (Wildman–Crippen LogP) is 1.51. The zero-order valence-electron chi connectivity index (χ0n) is 11.2. The third-order valence-electron chi connectivity index (χ3n) is 2.62. The lowest BCUT2D eigenvalue weighted by Crippen LogP contribution is -2.33. The number of benzene rings is 1. The monoisotopic (exact) mass is 319 g/mol. The van der Waals surface area contributed by atoms with Crippen molar-refractivity contribution in [2.24, 2.45) is 0 Å². The number of aromatic carboxylic acids is 1. The molecular formula is C12H17NO5S2. The van der Waals surface area contributed by atoms with E-state index in [1.165, 1.54) is 6.07 Å². The van der Waals surface area contributed by atoms with Crippen molar-refractivity contribution < 1.29 is 23.4 Å². The van der Waals surface area contributed by atoms with E-state index in [4.69, 9.17) is 5.11 Å². The summed E-state index contributed by atoms with van der Waals surface area (Å²) in [6.07, 6.45) is 2.60. The summed E-state index contributed by atoms with van der Waals surface area (Å²) in [6, 6.07) is 2.92. The molecule has 3 N–H and O–H groups in total. The van der Waals surface area contributed by atoms with Crippen LogP contribution in [0.3, 0.4) is 0 Å². The van der Waals surface area contributed by atoms with Crippen molar-refractivity contribution in [1.82, 2.24) is 4.72 Å². The Bertz CT molecular complexity index is 586. The number of nitrogens with one attached hydrogen (secondary N) is 1. The van der Waals surface area contributed by atoms with Gasteiger partial charge in [-0.3, -0.25) is 0 Å². The molecule has 0 radical (unpaired) electrons. The number of hydrogen-bond donors (Lipinski definition) is 3. The Hall–Kier alpha value is -1.25. The third kappa shape index (κ3) is 4.39. The summed E-state index contributed by atoms with van der Waals surface area (Å²) in [4.78, 5) is 10.7. The highest BCUT2D eigenvalue weighted by molar-refractivity contribution is 7.98. The molecule has 6 nitrogen and oxygen atoms in total. The van der Waals surface area contributed by atoms with Crippen LogP contribution in [0.4, 0.5) is 0 Å². The van der Waals surface area contributed by atoms with Crippen molar-refractivity contribution in [3.8, 4) is 5.75 Å². The lowest BCUT2D eigenvalue weighted by molar-refractivity contribution is 0.0693.